The van der Waals surface area contributed by atoms with Crippen LogP contribution in [0.25, 0.3) is 0 Å². The minimum Gasteiger partial charge on any atom is -0.465 e. The molecule has 0 amide bonds. The molecule has 6 nitrogen and oxygen atoms in total. The van der Waals surface area contributed by atoms with Crippen molar-refractivity contribution in [3.63, 3.8) is 0 Å². The highest BCUT2D eigenvalue weighted by Crippen LogP contribution is 2.12. The Hall–Kier alpha value is -1.82. The lowest BCUT2D eigenvalue weighted by Gasteiger charge is -2.22. The molecule has 0 saturated heterocycles. The molecule has 0 fully saturated rings. The summed E-state index contributed by atoms with van der Waals surface area (Å²) >= 11 is 0. The van der Waals surface area contributed by atoms with E-state index in [1.807, 2.05) is 0 Å². The SMILES string of the molecule is CCOC(=O)CN(CCOC)c1cccc(N)n1. The molecular weight excluding hydrogens is 234 g/mol. The van der Waals surface area contributed by atoms with Crippen molar-refractivity contribution >= 4 is 17.6 Å². The largest absolute Gasteiger partial charge is 0.465 e. The van der Waals surface area contributed by atoms with Crippen LogP contribution < -0.4 is 10.6 Å². The molecule has 0 aromatic carbocycles. The van der Waals surface area contributed by atoms with Gasteiger partial charge in [-0.05, 0) is 19.1 Å². The van der Waals surface area contributed by atoms with E-state index in [1.165, 1.54) is 0 Å². The Bertz CT molecular complexity index is 385. The third kappa shape index (κ3) is 4.58. The average Bonchev–Trinajstić information content (AvgIpc) is 2.34. The van der Waals surface area contributed by atoms with Crippen LogP contribution in [0.3, 0.4) is 0 Å². The normalized spacial score (nSPS) is 10.1. The first-order chi connectivity index (χ1) is 8.67. The highest BCUT2D eigenvalue weighted by atomic mass is 16.5. The van der Waals surface area contributed by atoms with Crippen LogP contribution in [0.2, 0.25) is 0 Å². The van der Waals surface area contributed by atoms with Crippen molar-refractivity contribution in [1.29, 1.82) is 0 Å². The van der Waals surface area contributed by atoms with Crippen LogP contribution in [-0.2, 0) is 14.3 Å². The van der Waals surface area contributed by atoms with E-state index in [4.69, 9.17) is 15.2 Å². The Balaban J connectivity index is 2.74. The Morgan fingerprint density at radius 1 is 1.50 bits per heavy atom. The lowest BCUT2D eigenvalue weighted by atomic mass is 10.4. The van der Waals surface area contributed by atoms with Crippen LogP contribution in [-0.4, -0.2) is 44.4 Å². The molecule has 0 unspecified atom stereocenters. The van der Waals surface area contributed by atoms with Crippen LogP contribution in [0.5, 0.6) is 0 Å². The zero-order chi connectivity index (χ0) is 13.4. The first-order valence-electron chi connectivity index (χ1n) is 5.79. The van der Waals surface area contributed by atoms with Gasteiger partial charge in [-0.1, -0.05) is 6.07 Å². The zero-order valence-electron chi connectivity index (χ0n) is 10.8. The van der Waals surface area contributed by atoms with Crippen molar-refractivity contribution in [1.82, 2.24) is 4.98 Å². The molecule has 0 aliphatic carbocycles. The number of hydrogen-bond donors (Lipinski definition) is 1. The van der Waals surface area contributed by atoms with E-state index in [2.05, 4.69) is 4.98 Å². The summed E-state index contributed by atoms with van der Waals surface area (Å²) in [7, 11) is 1.61. The highest BCUT2D eigenvalue weighted by Gasteiger charge is 2.13. The highest BCUT2D eigenvalue weighted by molar-refractivity contribution is 5.75. The Morgan fingerprint density at radius 3 is 2.89 bits per heavy atom. The van der Waals surface area contributed by atoms with Crippen molar-refractivity contribution < 1.29 is 14.3 Å². The minimum absolute atomic E-state index is 0.133. The zero-order valence-corrected chi connectivity index (χ0v) is 10.8. The number of anilines is 2. The van der Waals surface area contributed by atoms with Gasteiger partial charge in [0.1, 0.15) is 18.2 Å². The fourth-order valence-electron chi connectivity index (χ4n) is 1.45. The number of pyridine rings is 1. The van der Waals surface area contributed by atoms with Gasteiger partial charge in [-0.2, -0.15) is 0 Å². The summed E-state index contributed by atoms with van der Waals surface area (Å²) in [6, 6.07) is 5.29. The van der Waals surface area contributed by atoms with Gasteiger partial charge in [-0.3, -0.25) is 4.79 Å². The number of ether oxygens (including phenoxy) is 2. The molecule has 0 spiro atoms. The van der Waals surface area contributed by atoms with Gasteiger partial charge in [-0.15, -0.1) is 0 Å². The number of esters is 1. The van der Waals surface area contributed by atoms with E-state index >= 15 is 0 Å². The lowest BCUT2D eigenvalue weighted by molar-refractivity contribution is -0.141. The standard InChI is InChI=1S/C12H19N3O3/c1-3-18-12(16)9-15(7-8-17-2)11-6-4-5-10(13)14-11/h4-6H,3,7-9H2,1-2H3,(H2,13,14). The molecule has 1 rings (SSSR count). The second-order valence-corrected chi connectivity index (χ2v) is 3.64. The molecular formula is C12H19N3O3. The molecule has 0 atom stereocenters. The van der Waals surface area contributed by atoms with E-state index in [-0.39, 0.29) is 12.5 Å². The van der Waals surface area contributed by atoms with Crippen molar-refractivity contribution in [2.75, 3.05) is 44.0 Å². The molecule has 0 saturated carbocycles. The number of methoxy groups -OCH3 is 1. The van der Waals surface area contributed by atoms with Gasteiger partial charge in [0.25, 0.3) is 0 Å². The number of nitrogens with two attached hydrogens (primary N) is 1. The second kappa shape index (κ2) is 7.50. The molecule has 1 heterocycles. The third-order valence-electron chi connectivity index (χ3n) is 2.27. The maximum absolute atomic E-state index is 11.5. The second-order valence-electron chi connectivity index (χ2n) is 3.64. The topological polar surface area (TPSA) is 77.7 Å². The van der Waals surface area contributed by atoms with Crippen molar-refractivity contribution in [3.8, 4) is 0 Å². The quantitative estimate of drug-likeness (QED) is 0.720. The molecule has 0 aliphatic heterocycles. The smallest absolute Gasteiger partial charge is 0.325 e. The van der Waals surface area contributed by atoms with E-state index in [0.717, 1.165) is 0 Å². The molecule has 6 heteroatoms. The predicted octanol–water partition coefficient (Wildman–Crippen LogP) is 0.680. The number of nitrogens with zero attached hydrogens (tertiary/aromatic N) is 2. The number of nitrogen functional groups attached to an aromatic ring is 1. The number of aromatic nitrogens is 1. The Morgan fingerprint density at radius 2 is 2.28 bits per heavy atom. The van der Waals surface area contributed by atoms with Crippen LogP contribution in [0.4, 0.5) is 11.6 Å². The molecule has 1 aromatic rings. The molecule has 0 aliphatic rings. The molecule has 100 valence electrons. The van der Waals surface area contributed by atoms with Crippen molar-refractivity contribution in [3.05, 3.63) is 18.2 Å². The molecule has 2 N–H and O–H groups in total. The molecule has 0 bridgehead atoms. The molecule has 0 radical (unpaired) electrons. The van der Waals surface area contributed by atoms with E-state index in [9.17, 15) is 4.79 Å². The van der Waals surface area contributed by atoms with Crippen LogP contribution in [0.15, 0.2) is 18.2 Å². The molecule has 18 heavy (non-hydrogen) atoms. The number of rotatable bonds is 7. The first-order valence-corrected chi connectivity index (χ1v) is 5.79. The third-order valence-corrected chi connectivity index (χ3v) is 2.27. The van der Waals surface area contributed by atoms with Crippen molar-refractivity contribution in [2.24, 2.45) is 0 Å². The van der Waals surface area contributed by atoms with E-state index < -0.39 is 0 Å². The van der Waals surface area contributed by atoms with Gasteiger partial charge < -0.3 is 20.1 Å². The summed E-state index contributed by atoms with van der Waals surface area (Å²) in [5.41, 5.74) is 5.63. The molecule has 1 aromatic heterocycles. The van der Waals surface area contributed by atoms with Gasteiger partial charge in [0.15, 0.2) is 0 Å². The first kappa shape index (κ1) is 14.2. The summed E-state index contributed by atoms with van der Waals surface area (Å²) < 4.78 is 9.94. The van der Waals surface area contributed by atoms with Crippen LogP contribution >= 0.6 is 0 Å². The fraction of sp³-hybridized carbons (Fsp3) is 0.500. The minimum atomic E-state index is -0.294. The van der Waals surface area contributed by atoms with Gasteiger partial charge in [0, 0.05) is 13.7 Å². The summed E-state index contributed by atoms with van der Waals surface area (Å²) in [4.78, 5) is 17.5. The average molecular weight is 253 g/mol. The Labute approximate surface area is 107 Å². The number of carbonyl (C=O) groups is 1. The maximum Gasteiger partial charge on any atom is 0.325 e. The summed E-state index contributed by atoms with van der Waals surface area (Å²) in [6.07, 6.45) is 0. The predicted molar refractivity (Wildman–Crippen MR) is 69.4 cm³/mol. The van der Waals surface area contributed by atoms with Crippen LogP contribution in [0.1, 0.15) is 6.92 Å². The van der Waals surface area contributed by atoms with Gasteiger partial charge in [0.05, 0.1) is 13.2 Å². The van der Waals surface area contributed by atoms with Gasteiger partial charge in [-0.25, -0.2) is 4.98 Å². The number of carbonyl (C=O) groups excluding carboxylic acids is 1. The summed E-state index contributed by atoms with van der Waals surface area (Å²) in [5, 5.41) is 0. The maximum atomic E-state index is 11.5. The monoisotopic (exact) mass is 253 g/mol. The van der Waals surface area contributed by atoms with Crippen molar-refractivity contribution in [2.45, 2.75) is 6.92 Å². The summed E-state index contributed by atoms with van der Waals surface area (Å²) in [6.45, 7) is 3.31. The van der Waals surface area contributed by atoms with E-state index in [1.54, 1.807) is 37.1 Å². The number of hydrogen-bond acceptors (Lipinski definition) is 6. The van der Waals surface area contributed by atoms with E-state index in [0.29, 0.717) is 31.4 Å². The van der Waals surface area contributed by atoms with Gasteiger partial charge in [0.2, 0.25) is 0 Å². The van der Waals surface area contributed by atoms with Crippen LogP contribution in [0, 0.1) is 0 Å². The Kier molecular flexibility index (Phi) is 5.93. The fourth-order valence-corrected chi connectivity index (χ4v) is 1.45. The lowest BCUT2D eigenvalue weighted by Crippen LogP contribution is -2.34. The van der Waals surface area contributed by atoms with Gasteiger partial charge >= 0.3 is 5.97 Å². The summed E-state index contributed by atoms with van der Waals surface area (Å²) in [5.74, 6) is 0.761.